The molecule has 0 atom stereocenters. The maximum atomic E-state index is 13.3. The molecule has 0 saturated carbocycles. The van der Waals surface area contributed by atoms with Gasteiger partial charge in [0.1, 0.15) is 17.3 Å². The van der Waals surface area contributed by atoms with Crippen LogP contribution >= 0.6 is 11.6 Å². The summed E-state index contributed by atoms with van der Waals surface area (Å²) in [6.45, 7) is 1.75. The Bertz CT molecular complexity index is 1880. The predicted molar refractivity (Wildman–Crippen MR) is 158 cm³/mol. The van der Waals surface area contributed by atoms with Gasteiger partial charge in [-0.25, -0.2) is 5.10 Å². The zero-order valence-corrected chi connectivity index (χ0v) is 23.1. The molecule has 5 aromatic rings. The molecule has 12 heteroatoms. The van der Waals surface area contributed by atoms with Crippen LogP contribution in [-0.2, 0) is 4.79 Å². The summed E-state index contributed by atoms with van der Waals surface area (Å²) in [6.07, 6.45) is 1.64. The largest absolute Gasteiger partial charge is 0.497 e. The number of benzene rings is 3. The number of hydrazone groups is 1. The third kappa shape index (κ3) is 5.28. The molecule has 2 amide bonds. The third-order valence-corrected chi connectivity index (χ3v) is 6.84. The maximum absolute atomic E-state index is 13.3. The Morgan fingerprint density at radius 1 is 1.05 bits per heavy atom. The number of nitrogens with zero attached hydrogens (tertiary/aromatic N) is 5. The number of amides is 2. The zero-order valence-electron chi connectivity index (χ0n) is 22.3. The van der Waals surface area contributed by atoms with Crippen LogP contribution in [0.4, 0.5) is 11.4 Å². The first-order valence-electron chi connectivity index (χ1n) is 12.7. The van der Waals surface area contributed by atoms with Crippen LogP contribution in [0.25, 0.3) is 28.8 Å². The zero-order chi connectivity index (χ0) is 29.2. The second-order valence-electron chi connectivity index (χ2n) is 9.24. The number of H-pyrrole nitrogens is 1. The standard InChI is InChI=1S/C30H22ClN7O4/c1-17-24(30(40)38(35-17)21-7-3-5-19(13-21)28-33-36-37-34-28)16-23-10-12-27(42-23)18-9-11-26(31)25(14-18)29(39)32-20-6-4-8-22(15-20)41-2/h3-16H,1-2H3,(H,32,39)(H,33,34,36,37). The molecule has 1 aliphatic heterocycles. The van der Waals surface area contributed by atoms with E-state index in [4.69, 9.17) is 20.8 Å². The van der Waals surface area contributed by atoms with Gasteiger partial charge in [-0.3, -0.25) is 9.59 Å². The van der Waals surface area contributed by atoms with Gasteiger partial charge in [-0.2, -0.15) is 10.1 Å². The quantitative estimate of drug-likeness (QED) is 0.231. The van der Waals surface area contributed by atoms with Crippen molar-refractivity contribution >= 4 is 46.6 Å². The summed E-state index contributed by atoms with van der Waals surface area (Å²) < 4.78 is 11.3. The maximum Gasteiger partial charge on any atom is 0.280 e. The number of tetrazole rings is 1. The van der Waals surface area contributed by atoms with E-state index in [0.717, 1.165) is 0 Å². The molecule has 3 aromatic carbocycles. The number of methoxy groups -OCH3 is 1. The van der Waals surface area contributed by atoms with Crippen LogP contribution in [0.1, 0.15) is 23.0 Å². The van der Waals surface area contributed by atoms with Crippen molar-refractivity contribution in [3.05, 3.63) is 101 Å². The molecule has 2 aromatic heterocycles. The molecular formula is C30H22ClN7O4. The molecule has 42 heavy (non-hydrogen) atoms. The number of halogens is 1. The highest BCUT2D eigenvalue weighted by Gasteiger charge is 2.29. The van der Waals surface area contributed by atoms with Gasteiger partial charge in [0.15, 0.2) is 5.82 Å². The molecule has 0 fully saturated rings. The summed E-state index contributed by atoms with van der Waals surface area (Å²) in [6, 6.07) is 22.7. The lowest BCUT2D eigenvalue weighted by molar-refractivity contribution is -0.114. The highest BCUT2D eigenvalue weighted by Crippen LogP contribution is 2.31. The van der Waals surface area contributed by atoms with Gasteiger partial charge < -0.3 is 14.5 Å². The number of carbonyl (C=O) groups excluding carboxylic acids is 2. The van der Waals surface area contributed by atoms with Crippen molar-refractivity contribution < 1.29 is 18.7 Å². The van der Waals surface area contributed by atoms with Crippen molar-refractivity contribution in [2.45, 2.75) is 6.92 Å². The molecule has 0 unspecified atom stereocenters. The highest BCUT2D eigenvalue weighted by atomic mass is 35.5. The van der Waals surface area contributed by atoms with E-state index < -0.39 is 0 Å². The summed E-state index contributed by atoms with van der Waals surface area (Å²) >= 11 is 6.36. The summed E-state index contributed by atoms with van der Waals surface area (Å²) in [5.41, 5.74) is 3.69. The number of rotatable bonds is 7. The van der Waals surface area contributed by atoms with E-state index in [1.807, 2.05) is 6.07 Å². The number of anilines is 2. The normalized spacial score (nSPS) is 13.9. The summed E-state index contributed by atoms with van der Waals surface area (Å²) in [4.78, 5) is 26.3. The fourth-order valence-electron chi connectivity index (χ4n) is 4.41. The topological polar surface area (TPSA) is 139 Å². The average Bonchev–Trinajstić information content (AvgIpc) is 3.76. The van der Waals surface area contributed by atoms with Gasteiger partial charge in [-0.15, -0.1) is 5.10 Å². The minimum atomic E-state index is -0.379. The van der Waals surface area contributed by atoms with Crippen molar-refractivity contribution in [1.29, 1.82) is 0 Å². The van der Waals surface area contributed by atoms with Crippen molar-refractivity contribution in [1.82, 2.24) is 20.6 Å². The van der Waals surface area contributed by atoms with Gasteiger partial charge >= 0.3 is 0 Å². The molecule has 0 aliphatic carbocycles. The number of hydrogen-bond acceptors (Lipinski definition) is 8. The Labute approximate surface area is 244 Å². The molecule has 0 radical (unpaired) electrons. The van der Waals surface area contributed by atoms with Gasteiger partial charge in [0, 0.05) is 22.9 Å². The molecule has 3 heterocycles. The first kappa shape index (κ1) is 26.7. The molecule has 6 rings (SSSR count). The molecular weight excluding hydrogens is 558 g/mol. The van der Waals surface area contributed by atoms with E-state index in [1.54, 1.807) is 92.9 Å². The summed E-state index contributed by atoms with van der Waals surface area (Å²) in [7, 11) is 1.56. The predicted octanol–water partition coefficient (Wildman–Crippen LogP) is 5.85. The number of carbonyl (C=O) groups is 2. The van der Waals surface area contributed by atoms with E-state index in [1.165, 1.54) is 5.01 Å². The van der Waals surface area contributed by atoms with E-state index in [-0.39, 0.29) is 17.4 Å². The minimum Gasteiger partial charge on any atom is -0.497 e. The summed E-state index contributed by atoms with van der Waals surface area (Å²) in [5, 5.41) is 22.7. The third-order valence-electron chi connectivity index (χ3n) is 6.51. The van der Waals surface area contributed by atoms with Crippen LogP contribution in [0.3, 0.4) is 0 Å². The number of nitrogens with one attached hydrogen (secondary N) is 2. The van der Waals surface area contributed by atoms with Crippen LogP contribution in [0, 0.1) is 0 Å². The number of aromatic nitrogens is 4. The lowest BCUT2D eigenvalue weighted by atomic mass is 10.1. The number of hydrogen-bond donors (Lipinski definition) is 2. The van der Waals surface area contributed by atoms with E-state index >= 15 is 0 Å². The number of ether oxygens (including phenoxy) is 1. The molecule has 0 saturated heterocycles. The smallest absolute Gasteiger partial charge is 0.280 e. The summed E-state index contributed by atoms with van der Waals surface area (Å²) in [5.74, 6) is 1.36. The number of furan rings is 1. The Balaban J connectivity index is 1.22. The second kappa shape index (κ2) is 11.1. The van der Waals surface area contributed by atoms with E-state index in [9.17, 15) is 9.59 Å². The van der Waals surface area contributed by atoms with Crippen LogP contribution in [0.15, 0.2) is 94.0 Å². The van der Waals surface area contributed by atoms with Gasteiger partial charge in [0.2, 0.25) is 0 Å². The van der Waals surface area contributed by atoms with Crippen molar-refractivity contribution in [3.8, 4) is 28.5 Å². The molecule has 0 bridgehead atoms. The van der Waals surface area contributed by atoms with Gasteiger partial charge in [0.25, 0.3) is 11.8 Å². The Kier molecular flexibility index (Phi) is 7.07. The van der Waals surface area contributed by atoms with Crippen molar-refractivity contribution in [3.63, 3.8) is 0 Å². The first-order chi connectivity index (χ1) is 20.4. The molecule has 208 valence electrons. The Morgan fingerprint density at radius 2 is 1.90 bits per heavy atom. The number of aromatic amines is 1. The van der Waals surface area contributed by atoms with Gasteiger partial charge in [0.05, 0.1) is 34.7 Å². The molecule has 1 aliphatic rings. The Hall–Kier alpha value is -5.55. The van der Waals surface area contributed by atoms with E-state index in [0.29, 0.717) is 61.9 Å². The van der Waals surface area contributed by atoms with Crippen LogP contribution in [0.5, 0.6) is 5.75 Å². The lowest BCUT2D eigenvalue weighted by Gasteiger charge is -2.12. The van der Waals surface area contributed by atoms with Crippen LogP contribution in [-0.4, -0.2) is 45.3 Å². The van der Waals surface area contributed by atoms with Gasteiger partial charge in [-0.1, -0.05) is 29.8 Å². The van der Waals surface area contributed by atoms with Gasteiger partial charge in [-0.05, 0) is 78.0 Å². The monoisotopic (exact) mass is 579 g/mol. The fourth-order valence-corrected chi connectivity index (χ4v) is 4.61. The van der Waals surface area contributed by atoms with Crippen LogP contribution < -0.4 is 15.1 Å². The highest BCUT2D eigenvalue weighted by molar-refractivity contribution is 6.34. The molecule has 0 spiro atoms. The average molecular weight is 580 g/mol. The minimum absolute atomic E-state index is 0.279. The lowest BCUT2D eigenvalue weighted by Crippen LogP contribution is -2.21. The fraction of sp³-hybridized carbons (Fsp3) is 0.0667. The van der Waals surface area contributed by atoms with E-state index in [2.05, 4.69) is 31.0 Å². The molecule has 11 nitrogen and oxygen atoms in total. The Morgan fingerprint density at radius 3 is 2.71 bits per heavy atom. The van der Waals surface area contributed by atoms with Crippen LogP contribution in [0.2, 0.25) is 5.02 Å². The van der Waals surface area contributed by atoms with Crippen molar-refractivity contribution in [2.24, 2.45) is 5.10 Å². The molecule has 2 N–H and O–H groups in total. The van der Waals surface area contributed by atoms with Crippen molar-refractivity contribution in [2.75, 3.05) is 17.4 Å². The first-order valence-corrected chi connectivity index (χ1v) is 13.1. The SMILES string of the molecule is COc1cccc(NC(=O)c2cc(-c3ccc(C=C4C(=O)N(c5cccc(-c6nnn[nH]6)c5)N=C4C)o3)ccc2Cl)c1. The second-order valence-corrected chi connectivity index (χ2v) is 9.65.